The molecule has 2 aromatic rings. The number of hydrogen-bond acceptors (Lipinski definition) is 3. The Bertz CT molecular complexity index is 634. The maximum Gasteiger partial charge on any atom is 0.137 e. The van der Waals surface area contributed by atoms with Crippen LogP contribution in [-0.4, -0.2) is 5.11 Å². The Hall–Kier alpha value is -1.83. The Kier molecular flexibility index (Phi) is 4.20. The fourth-order valence-electron chi connectivity index (χ4n) is 1.68. The Balaban J connectivity index is 2.44. The van der Waals surface area contributed by atoms with Crippen LogP contribution in [0.3, 0.4) is 0 Å². The summed E-state index contributed by atoms with van der Waals surface area (Å²) in [6, 6.07) is 13.5. The van der Waals surface area contributed by atoms with Crippen LogP contribution in [-0.2, 0) is 0 Å². The second kappa shape index (κ2) is 5.87. The summed E-state index contributed by atoms with van der Waals surface area (Å²) < 4.78 is 13.6. The maximum atomic E-state index is 13.6. The van der Waals surface area contributed by atoms with Crippen molar-refractivity contribution in [3.63, 3.8) is 0 Å². The Morgan fingerprint density at radius 3 is 2.58 bits per heavy atom. The molecular weight excluding hydrogens is 261 g/mol. The van der Waals surface area contributed by atoms with E-state index in [1.165, 1.54) is 17.8 Å². The van der Waals surface area contributed by atoms with Crippen molar-refractivity contribution in [1.82, 2.24) is 0 Å². The molecule has 0 saturated heterocycles. The van der Waals surface area contributed by atoms with Gasteiger partial charge in [-0.05, 0) is 36.8 Å². The third kappa shape index (κ3) is 3.14. The molecule has 0 aliphatic heterocycles. The first-order valence-electron chi connectivity index (χ1n) is 5.76. The minimum absolute atomic E-state index is 0.314. The molecule has 0 saturated carbocycles. The van der Waals surface area contributed by atoms with Crippen LogP contribution >= 0.6 is 11.8 Å². The number of aliphatic hydroxyl groups excluding tert-OH is 1. The zero-order valence-electron chi connectivity index (χ0n) is 10.3. The van der Waals surface area contributed by atoms with Gasteiger partial charge in [0, 0.05) is 9.79 Å². The summed E-state index contributed by atoms with van der Waals surface area (Å²) in [6.07, 6.45) is -0.665. The number of halogens is 1. The van der Waals surface area contributed by atoms with Crippen molar-refractivity contribution in [1.29, 1.82) is 5.26 Å². The summed E-state index contributed by atoms with van der Waals surface area (Å²) in [6.45, 7) is 1.65. The van der Waals surface area contributed by atoms with Crippen molar-refractivity contribution < 1.29 is 9.50 Å². The second-order valence-electron chi connectivity index (χ2n) is 4.07. The maximum absolute atomic E-state index is 13.6. The lowest BCUT2D eigenvalue weighted by Gasteiger charge is -2.12. The van der Waals surface area contributed by atoms with Crippen molar-refractivity contribution in [2.24, 2.45) is 0 Å². The van der Waals surface area contributed by atoms with E-state index in [1.807, 2.05) is 6.07 Å². The Labute approximate surface area is 115 Å². The van der Waals surface area contributed by atoms with E-state index in [1.54, 1.807) is 43.3 Å². The van der Waals surface area contributed by atoms with Crippen molar-refractivity contribution in [3.05, 3.63) is 59.4 Å². The molecule has 19 heavy (non-hydrogen) atoms. The summed E-state index contributed by atoms with van der Waals surface area (Å²) in [4.78, 5) is 1.17. The summed E-state index contributed by atoms with van der Waals surface area (Å²) in [5.41, 5.74) is 1.18. The van der Waals surface area contributed by atoms with Gasteiger partial charge < -0.3 is 5.11 Å². The van der Waals surface area contributed by atoms with E-state index in [0.29, 0.717) is 20.9 Å². The fourth-order valence-corrected chi connectivity index (χ4v) is 2.77. The van der Waals surface area contributed by atoms with E-state index in [9.17, 15) is 9.50 Å². The van der Waals surface area contributed by atoms with Gasteiger partial charge in [0.05, 0.1) is 17.7 Å². The van der Waals surface area contributed by atoms with Gasteiger partial charge in [0.1, 0.15) is 5.82 Å². The minimum atomic E-state index is -0.665. The average molecular weight is 273 g/mol. The molecule has 0 amide bonds. The van der Waals surface area contributed by atoms with Gasteiger partial charge >= 0.3 is 0 Å². The molecule has 0 fully saturated rings. The molecule has 2 rings (SSSR count). The number of nitrogens with zero attached hydrogens (tertiary/aromatic N) is 1. The van der Waals surface area contributed by atoms with E-state index < -0.39 is 6.10 Å². The predicted molar refractivity (Wildman–Crippen MR) is 72.3 cm³/mol. The molecule has 0 aliphatic rings. The molecule has 2 aromatic carbocycles. The molecule has 1 N–H and O–H groups in total. The molecule has 0 aliphatic carbocycles. The van der Waals surface area contributed by atoms with E-state index in [-0.39, 0.29) is 5.82 Å². The van der Waals surface area contributed by atoms with Gasteiger partial charge in [-0.1, -0.05) is 30.0 Å². The smallest absolute Gasteiger partial charge is 0.137 e. The first-order valence-corrected chi connectivity index (χ1v) is 6.58. The summed E-state index contributed by atoms with van der Waals surface area (Å²) in [7, 11) is 0. The molecular formula is C15H12FNOS. The minimum Gasteiger partial charge on any atom is -0.389 e. The highest BCUT2D eigenvalue weighted by Gasteiger charge is 2.12. The third-order valence-corrected chi connectivity index (χ3v) is 3.77. The van der Waals surface area contributed by atoms with Gasteiger partial charge in [-0.15, -0.1) is 0 Å². The lowest BCUT2D eigenvalue weighted by atomic mass is 10.1. The van der Waals surface area contributed by atoms with E-state index in [0.717, 1.165) is 0 Å². The highest BCUT2D eigenvalue weighted by atomic mass is 32.2. The number of rotatable bonds is 3. The Morgan fingerprint density at radius 1 is 1.21 bits per heavy atom. The monoisotopic (exact) mass is 273 g/mol. The van der Waals surface area contributed by atoms with E-state index >= 15 is 0 Å². The highest BCUT2D eigenvalue weighted by molar-refractivity contribution is 7.99. The number of aliphatic hydroxyl groups is 1. The van der Waals surface area contributed by atoms with E-state index in [4.69, 9.17) is 5.26 Å². The van der Waals surface area contributed by atoms with Crippen LogP contribution in [0.1, 0.15) is 24.2 Å². The lowest BCUT2D eigenvalue weighted by Crippen LogP contribution is -1.95. The molecule has 0 unspecified atom stereocenters. The van der Waals surface area contributed by atoms with Crippen LogP contribution in [0.2, 0.25) is 0 Å². The molecule has 96 valence electrons. The fraction of sp³-hybridized carbons (Fsp3) is 0.133. The summed E-state index contributed by atoms with van der Waals surface area (Å²) in [5, 5.41) is 18.6. The van der Waals surface area contributed by atoms with Crippen LogP contribution in [0.15, 0.2) is 52.3 Å². The zero-order valence-corrected chi connectivity index (χ0v) is 11.1. The molecule has 4 heteroatoms. The quantitative estimate of drug-likeness (QED) is 0.922. The first-order chi connectivity index (χ1) is 9.11. The molecule has 2 nitrogen and oxygen atoms in total. The van der Waals surface area contributed by atoms with Crippen LogP contribution < -0.4 is 0 Å². The summed E-state index contributed by atoms with van der Waals surface area (Å²) >= 11 is 1.21. The van der Waals surface area contributed by atoms with Gasteiger partial charge in [-0.25, -0.2) is 4.39 Å². The van der Waals surface area contributed by atoms with Crippen LogP contribution in [0.5, 0.6) is 0 Å². The molecule has 0 aromatic heterocycles. The van der Waals surface area contributed by atoms with E-state index in [2.05, 4.69) is 0 Å². The van der Waals surface area contributed by atoms with Crippen LogP contribution in [0.25, 0.3) is 0 Å². The standard InChI is InChI=1S/C15H12FNOS/c1-10(18)12-7-6-11(9-17)8-15(12)19-14-5-3-2-4-13(14)16/h2-8,10,18H,1H3/t10-/m1/s1. The molecule has 0 radical (unpaired) electrons. The van der Waals surface area contributed by atoms with Gasteiger partial charge in [0.2, 0.25) is 0 Å². The van der Waals surface area contributed by atoms with Gasteiger partial charge in [-0.3, -0.25) is 0 Å². The average Bonchev–Trinajstić information content (AvgIpc) is 2.41. The van der Waals surface area contributed by atoms with Crippen molar-refractivity contribution >= 4 is 11.8 Å². The first kappa shape index (κ1) is 13.6. The van der Waals surface area contributed by atoms with Gasteiger partial charge in [0.15, 0.2) is 0 Å². The van der Waals surface area contributed by atoms with Gasteiger partial charge in [0.25, 0.3) is 0 Å². The number of nitriles is 1. The largest absolute Gasteiger partial charge is 0.389 e. The molecule has 0 bridgehead atoms. The van der Waals surface area contributed by atoms with Crippen molar-refractivity contribution in [2.75, 3.05) is 0 Å². The van der Waals surface area contributed by atoms with Crippen LogP contribution in [0, 0.1) is 17.1 Å². The molecule has 1 atom stereocenters. The zero-order chi connectivity index (χ0) is 13.8. The lowest BCUT2D eigenvalue weighted by molar-refractivity contribution is 0.196. The molecule has 0 spiro atoms. The van der Waals surface area contributed by atoms with Gasteiger partial charge in [-0.2, -0.15) is 5.26 Å². The molecule has 0 heterocycles. The summed E-state index contributed by atoms with van der Waals surface area (Å²) in [5.74, 6) is -0.314. The number of hydrogen-bond donors (Lipinski definition) is 1. The van der Waals surface area contributed by atoms with Crippen molar-refractivity contribution in [2.45, 2.75) is 22.8 Å². The second-order valence-corrected chi connectivity index (χ2v) is 5.16. The third-order valence-electron chi connectivity index (χ3n) is 2.65. The SMILES string of the molecule is C[C@@H](O)c1ccc(C#N)cc1Sc1ccccc1F. The topological polar surface area (TPSA) is 44.0 Å². The van der Waals surface area contributed by atoms with Crippen LogP contribution in [0.4, 0.5) is 4.39 Å². The van der Waals surface area contributed by atoms with Crippen molar-refractivity contribution in [3.8, 4) is 6.07 Å². The predicted octanol–water partition coefficient (Wildman–Crippen LogP) is 3.90. The highest BCUT2D eigenvalue weighted by Crippen LogP contribution is 2.35. The Morgan fingerprint density at radius 2 is 1.95 bits per heavy atom. The normalized spacial score (nSPS) is 11.9. The number of benzene rings is 2.